The number of hydrogen-bond acceptors (Lipinski definition) is 5. The minimum atomic E-state index is 0. The lowest BCUT2D eigenvalue weighted by Crippen LogP contribution is -2.47. The van der Waals surface area contributed by atoms with Crippen molar-refractivity contribution in [1.29, 1.82) is 0 Å². The Morgan fingerprint density at radius 1 is 1.26 bits per heavy atom. The molecule has 23 heavy (non-hydrogen) atoms. The Balaban J connectivity index is 0.00000132. The first-order chi connectivity index (χ1) is 10.3. The van der Waals surface area contributed by atoms with Crippen molar-refractivity contribution in [3.8, 4) is 0 Å². The highest BCUT2D eigenvalue weighted by Crippen LogP contribution is 2.31. The first-order valence-electron chi connectivity index (χ1n) is 7.96. The van der Waals surface area contributed by atoms with Gasteiger partial charge >= 0.3 is 0 Å². The van der Waals surface area contributed by atoms with Crippen molar-refractivity contribution < 1.29 is 4.79 Å². The SMILES string of the molecule is Cl.Cl.O=C(CCN1CCCCC1c1nccs1)N1CCNCC1. The van der Waals surface area contributed by atoms with Crippen molar-refractivity contribution in [3.63, 3.8) is 0 Å². The van der Waals surface area contributed by atoms with Gasteiger partial charge in [-0.15, -0.1) is 36.2 Å². The summed E-state index contributed by atoms with van der Waals surface area (Å²) in [5.41, 5.74) is 0. The van der Waals surface area contributed by atoms with Crippen LogP contribution in [0, 0.1) is 0 Å². The van der Waals surface area contributed by atoms with Gasteiger partial charge in [0, 0.05) is 50.7 Å². The first-order valence-corrected chi connectivity index (χ1v) is 8.84. The number of piperazine rings is 1. The van der Waals surface area contributed by atoms with E-state index in [1.165, 1.54) is 24.3 Å². The van der Waals surface area contributed by atoms with Crippen molar-refractivity contribution in [2.45, 2.75) is 31.7 Å². The number of aromatic nitrogens is 1. The van der Waals surface area contributed by atoms with Gasteiger partial charge in [-0.3, -0.25) is 9.69 Å². The normalized spacial score (nSPS) is 22.1. The molecule has 0 saturated carbocycles. The molecule has 1 amide bonds. The van der Waals surface area contributed by atoms with Crippen molar-refractivity contribution in [2.24, 2.45) is 0 Å². The molecule has 3 heterocycles. The summed E-state index contributed by atoms with van der Waals surface area (Å²) in [5.74, 6) is 0.306. The third kappa shape index (κ3) is 5.57. The summed E-state index contributed by atoms with van der Waals surface area (Å²) in [7, 11) is 0. The van der Waals surface area contributed by atoms with Crippen molar-refractivity contribution in [3.05, 3.63) is 16.6 Å². The summed E-state index contributed by atoms with van der Waals surface area (Å²) in [6.45, 7) is 5.53. The third-order valence-corrected chi connectivity index (χ3v) is 5.31. The number of halogens is 2. The zero-order chi connectivity index (χ0) is 14.5. The Bertz CT molecular complexity index is 454. The average Bonchev–Trinajstić information content (AvgIpc) is 3.08. The van der Waals surface area contributed by atoms with E-state index >= 15 is 0 Å². The lowest BCUT2D eigenvalue weighted by molar-refractivity contribution is -0.132. The second-order valence-corrected chi connectivity index (χ2v) is 6.72. The fourth-order valence-corrected chi connectivity index (χ4v) is 4.06. The monoisotopic (exact) mass is 380 g/mol. The van der Waals surface area contributed by atoms with E-state index in [1.54, 1.807) is 11.3 Å². The summed E-state index contributed by atoms with van der Waals surface area (Å²) >= 11 is 1.74. The number of amides is 1. The van der Waals surface area contributed by atoms with E-state index in [1.807, 2.05) is 16.5 Å². The van der Waals surface area contributed by atoms with E-state index in [-0.39, 0.29) is 24.8 Å². The minimum Gasteiger partial charge on any atom is -0.340 e. The molecule has 0 spiro atoms. The van der Waals surface area contributed by atoms with E-state index in [0.29, 0.717) is 18.4 Å². The molecule has 1 atom stereocenters. The van der Waals surface area contributed by atoms with E-state index < -0.39 is 0 Å². The smallest absolute Gasteiger partial charge is 0.223 e. The fourth-order valence-electron chi connectivity index (χ4n) is 3.25. The second kappa shape index (κ2) is 10.5. The Morgan fingerprint density at radius 2 is 2.04 bits per heavy atom. The maximum absolute atomic E-state index is 12.3. The van der Waals surface area contributed by atoms with Gasteiger partial charge in [0.1, 0.15) is 5.01 Å². The molecule has 132 valence electrons. The number of rotatable bonds is 4. The Labute approximate surface area is 154 Å². The van der Waals surface area contributed by atoms with E-state index in [4.69, 9.17) is 0 Å². The van der Waals surface area contributed by atoms with Gasteiger partial charge in [0.2, 0.25) is 5.91 Å². The summed E-state index contributed by atoms with van der Waals surface area (Å²) in [4.78, 5) is 21.2. The zero-order valence-corrected chi connectivity index (χ0v) is 15.7. The lowest BCUT2D eigenvalue weighted by atomic mass is 10.0. The second-order valence-electron chi connectivity index (χ2n) is 5.80. The fraction of sp³-hybridized carbons (Fsp3) is 0.733. The molecular weight excluding hydrogens is 355 g/mol. The molecule has 5 nitrogen and oxygen atoms in total. The minimum absolute atomic E-state index is 0. The summed E-state index contributed by atoms with van der Waals surface area (Å²) < 4.78 is 0. The number of nitrogens with one attached hydrogen (secondary N) is 1. The molecule has 1 unspecified atom stereocenters. The van der Waals surface area contributed by atoms with Crippen LogP contribution in [-0.4, -0.2) is 60.0 Å². The Kier molecular flexibility index (Phi) is 9.39. The zero-order valence-electron chi connectivity index (χ0n) is 13.3. The number of piperidine rings is 1. The van der Waals surface area contributed by atoms with Gasteiger partial charge < -0.3 is 10.2 Å². The molecule has 1 aromatic heterocycles. The van der Waals surface area contributed by atoms with Crippen molar-refractivity contribution in [1.82, 2.24) is 20.1 Å². The highest BCUT2D eigenvalue weighted by atomic mass is 35.5. The molecule has 2 aliphatic heterocycles. The predicted octanol–water partition coefficient (Wildman–Crippen LogP) is 2.34. The van der Waals surface area contributed by atoms with Gasteiger partial charge in [-0.2, -0.15) is 0 Å². The van der Waals surface area contributed by atoms with Gasteiger partial charge in [0.05, 0.1) is 6.04 Å². The molecule has 0 bridgehead atoms. The van der Waals surface area contributed by atoms with Crippen LogP contribution in [0.4, 0.5) is 0 Å². The van der Waals surface area contributed by atoms with Crippen LogP contribution >= 0.6 is 36.2 Å². The van der Waals surface area contributed by atoms with Gasteiger partial charge in [0.25, 0.3) is 0 Å². The van der Waals surface area contributed by atoms with Gasteiger partial charge in [-0.25, -0.2) is 4.98 Å². The van der Waals surface area contributed by atoms with Crippen LogP contribution in [-0.2, 0) is 4.79 Å². The molecule has 1 N–H and O–H groups in total. The number of nitrogens with zero attached hydrogens (tertiary/aromatic N) is 3. The summed E-state index contributed by atoms with van der Waals surface area (Å²) in [6.07, 6.45) is 6.21. The molecule has 0 radical (unpaired) electrons. The molecule has 2 saturated heterocycles. The Morgan fingerprint density at radius 3 is 2.74 bits per heavy atom. The maximum Gasteiger partial charge on any atom is 0.223 e. The molecule has 2 aliphatic rings. The number of carbonyl (C=O) groups excluding carboxylic acids is 1. The first kappa shape index (κ1) is 20.6. The Hall–Kier alpha value is -0.400. The van der Waals surface area contributed by atoms with Crippen LogP contribution in [0.2, 0.25) is 0 Å². The van der Waals surface area contributed by atoms with E-state index in [9.17, 15) is 4.79 Å². The largest absolute Gasteiger partial charge is 0.340 e. The topological polar surface area (TPSA) is 48.5 Å². The number of likely N-dealkylation sites (tertiary alicyclic amines) is 1. The van der Waals surface area contributed by atoms with Crippen LogP contribution in [0.15, 0.2) is 11.6 Å². The van der Waals surface area contributed by atoms with E-state index in [0.717, 1.165) is 39.3 Å². The number of hydrogen-bond donors (Lipinski definition) is 1. The van der Waals surface area contributed by atoms with Gasteiger partial charge in [-0.1, -0.05) is 6.42 Å². The average molecular weight is 381 g/mol. The summed E-state index contributed by atoms with van der Waals surface area (Å²) in [5, 5.41) is 6.55. The maximum atomic E-state index is 12.3. The van der Waals surface area contributed by atoms with Crippen LogP contribution < -0.4 is 5.32 Å². The third-order valence-electron chi connectivity index (χ3n) is 4.43. The van der Waals surface area contributed by atoms with Crippen LogP contribution in [0.25, 0.3) is 0 Å². The molecule has 8 heteroatoms. The number of carbonyl (C=O) groups is 1. The summed E-state index contributed by atoms with van der Waals surface area (Å²) in [6, 6.07) is 0.426. The molecule has 2 fully saturated rings. The van der Waals surface area contributed by atoms with Crippen LogP contribution in [0.5, 0.6) is 0 Å². The molecule has 0 aliphatic carbocycles. The van der Waals surface area contributed by atoms with Crippen LogP contribution in [0.1, 0.15) is 36.7 Å². The lowest BCUT2D eigenvalue weighted by Gasteiger charge is -2.35. The highest BCUT2D eigenvalue weighted by Gasteiger charge is 2.26. The quantitative estimate of drug-likeness (QED) is 0.870. The van der Waals surface area contributed by atoms with E-state index in [2.05, 4.69) is 15.2 Å². The standard InChI is InChI=1S/C15H24N4OS.2ClH/c20-14(19-10-5-16-6-11-19)4-9-18-8-2-1-3-13(18)15-17-7-12-21-15;;/h7,12-13,16H,1-6,8-11H2;2*1H. The molecular formula is C15H26Cl2N4OS. The van der Waals surface area contributed by atoms with Gasteiger partial charge in [-0.05, 0) is 19.4 Å². The predicted molar refractivity (Wildman–Crippen MR) is 98.8 cm³/mol. The van der Waals surface area contributed by atoms with Crippen molar-refractivity contribution >= 4 is 42.1 Å². The molecule has 0 aromatic carbocycles. The van der Waals surface area contributed by atoms with Crippen LogP contribution in [0.3, 0.4) is 0 Å². The highest BCUT2D eigenvalue weighted by molar-refractivity contribution is 7.09. The van der Waals surface area contributed by atoms with Crippen molar-refractivity contribution in [2.75, 3.05) is 39.3 Å². The molecule has 1 aromatic rings. The molecule has 3 rings (SSSR count). The number of thiazole rings is 1. The van der Waals surface area contributed by atoms with Gasteiger partial charge in [0.15, 0.2) is 0 Å².